The van der Waals surface area contributed by atoms with E-state index < -0.39 is 5.54 Å². The zero-order valence-electron chi connectivity index (χ0n) is 11.2. The molecule has 0 heterocycles. The molecule has 1 saturated carbocycles. The molecular formula is C13H24N2O3. The second-order valence-electron chi connectivity index (χ2n) is 4.87. The Kier molecular flexibility index (Phi) is 6.12. The molecule has 0 unspecified atom stereocenters. The number of nitrogens with two attached hydrogens (primary N) is 1. The molecule has 0 aromatic carbocycles. The molecule has 5 heteroatoms. The predicted molar refractivity (Wildman–Crippen MR) is 68.9 cm³/mol. The number of hydrogen-bond acceptors (Lipinski definition) is 4. The van der Waals surface area contributed by atoms with E-state index in [1.807, 2.05) is 0 Å². The molecule has 0 saturated heterocycles. The summed E-state index contributed by atoms with van der Waals surface area (Å²) in [5.74, 6) is -0.686. The van der Waals surface area contributed by atoms with E-state index in [0.717, 1.165) is 25.7 Å². The Labute approximate surface area is 108 Å². The Morgan fingerprint density at radius 1 is 1.17 bits per heavy atom. The van der Waals surface area contributed by atoms with Crippen LogP contribution < -0.4 is 11.1 Å². The largest absolute Gasteiger partial charge is 0.465 e. The highest BCUT2D eigenvalue weighted by atomic mass is 16.5. The van der Waals surface area contributed by atoms with Gasteiger partial charge in [-0.1, -0.05) is 32.1 Å². The molecule has 0 aliphatic heterocycles. The minimum Gasteiger partial charge on any atom is -0.465 e. The minimum atomic E-state index is -0.729. The van der Waals surface area contributed by atoms with Gasteiger partial charge in [0.05, 0.1) is 18.7 Å². The average molecular weight is 256 g/mol. The van der Waals surface area contributed by atoms with Gasteiger partial charge in [-0.15, -0.1) is 0 Å². The molecule has 0 spiro atoms. The van der Waals surface area contributed by atoms with Crippen molar-refractivity contribution >= 4 is 11.9 Å². The van der Waals surface area contributed by atoms with Crippen molar-refractivity contribution < 1.29 is 14.3 Å². The van der Waals surface area contributed by atoms with Crippen LogP contribution in [0.15, 0.2) is 0 Å². The molecule has 1 aliphatic carbocycles. The Morgan fingerprint density at radius 3 is 2.22 bits per heavy atom. The zero-order chi connectivity index (χ0) is 13.4. The summed E-state index contributed by atoms with van der Waals surface area (Å²) < 4.78 is 4.86. The van der Waals surface area contributed by atoms with Gasteiger partial charge in [-0.25, -0.2) is 0 Å². The van der Waals surface area contributed by atoms with Gasteiger partial charge in [-0.3, -0.25) is 14.9 Å². The van der Waals surface area contributed by atoms with Crippen molar-refractivity contribution in [3.05, 3.63) is 0 Å². The van der Waals surface area contributed by atoms with Crippen LogP contribution in [0.3, 0.4) is 0 Å². The van der Waals surface area contributed by atoms with Gasteiger partial charge in [0.25, 0.3) is 0 Å². The van der Waals surface area contributed by atoms with E-state index in [1.165, 1.54) is 6.42 Å². The minimum absolute atomic E-state index is 0.0524. The number of esters is 1. The first-order chi connectivity index (χ1) is 8.60. The highest BCUT2D eigenvalue weighted by molar-refractivity contribution is 5.85. The first-order valence-corrected chi connectivity index (χ1v) is 6.81. The number of amides is 1. The normalized spacial score (nSPS) is 19.6. The van der Waals surface area contributed by atoms with Crippen molar-refractivity contribution in [1.29, 1.82) is 0 Å². The molecule has 0 aromatic rings. The Hall–Kier alpha value is -1.10. The number of primary amides is 1. The van der Waals surface area contributed by atoms with E-state index in [9.17, 15) is 9.59 Å². The monoisotopic (exact) mass is 256 g/mol. The second kappa shape index (κ2) is 7.36. The molecule has 1 amide bonds. The summed E-state index contributed by atoms with van der Waals surface area (Å²) in [7, 11) is 0. The lowest BCUT2D eigenvalue weighted by molar-refractivity contribution is -0.142. The molecule has 0 aromatic heterocycles. The molecule has 0 atom stereocenters. The SMILES string of the molecule is CCOC(=O)CNC1(C(N)=O)CCCCCCC1. The first kappa shape index (κ1) is 15.0. The van der Waals surface area contributed by atoms with Gasteiger partial charge in [0.1, 0.15) is 0 Å². The summed E-state index contributed by atoms with van der Waals surface area (Å²) in [6.07, 6.45) is 6.82. The van der Waals surface area contributed by atoms with Crippen molar-refractivity contribution in [3.8, 4) is 0 Å². The van der Waals surface area contributed by atoms with Crippen LogP contribution in [0.5, 0.6) is 0 Å². The fourth-order valence-corrected chi connectivity index (χ4v) is 2.47. The lowest BCUT2D eigenvalue weighted by Gasteiger charge is -2.33. The fourth-order valence-electron chi connectivity index (χ4n) is 2.47. The van der Waals surface area contributed by atoms with E-state index in [0.29, 0.717) is 19.4 Å². The summed E-state index contributed by atoms with van der Waals surface area (Å²) in [6, 6.07) is 0. The molecule has 18 heavy (non-hydrogen) atoms. The third-order valence-corrected chi connectivity index (χ3v) is 3.56. The summed E-state index contributed by atoms with van der Waals surface area (Å²) in [4.78, 5) is 23.1. The van der Waals surface area contributed by atoms with Crippen LogP contribution in [0.25, 0.3) is 0 Å². The highest BCUT2D eigenvalue weighted by Gasteiger charge is 2.36. The van der Waals surface area contributed by atoms with Gasteiger partial charge in [0.2, 0.25) is 5.91 Å². The van der Waals surface area contributed by atoms with Gasteiger partial charge >= 0.3 is 5.97 Å². The summed E-state index contributed by atoms with van der Waals surface area (Å²) in [6.45, 7) is 2.17. The van der Waals surface area contributed by atoms with Crippen molar-refractivity contribution in [2.24, 2.45) is 5.73 Å². The van der Waals surface area contributed by atoms with Crippen molar-refractivity contribution in [3.63, 3.8) is 0 Å². The molecule has 5 nitrogen and oxygen atoms in total. The van der Waals surface area contributed by atoms with Gasteiger partial charge in [0.15, 0.2) is 0 Å². The maximum Gasteiger partial charge on any atom is 0.319 e. The van der Waals surface area contributed by atoms with Crippen LogP contribution in [0.4, 0.5) is 0 Å². The number of rotatable bonds is 5. The first-order valence-electron chi connectivity index (χ1n) is 6.81. The quantitative estimate of drug-likeness (QED) is 0.722. The summed E-state index contributed by atoms with van der Waals surface area (Å²) in [5.41, 5.74) is 4.80. The predicted octanol–water partition coefficient (Wildman–Crippen LogP) is 1.11. The number of carbonyl (C=O) groups excluding carboxylic acids is 2. The number of carbonyl (C=O) groups is 2. The topological polar surface area (TPSA) is 81.4 Å². The second-order valence-corrected chi connectivity index (χ2v) is 4.87. The lowest BCUT2D eigenvalue weighted by Crippen LogP contribution is -2.57. The van der Waals surface area contributed by atoms with E-state index in [1.54, 1.807) is 6.92 Å². The number of nitrogens with one attached hydrogen (secondary N) is 1. The van der Waals surface area contributed by atoms with Crippen molar-refractivity contribution in [2.45, 2.75) is 57.4 Å². The average Bonchev–Trinajstić information content (AvgIpc) is 2.28. The van der Waals surface area contributed by atoms with Crippen LogP contribution in [-0.2, 0) is 14.3 Å². The molecule has 1 aliphatic rings. The van der Waals surface area contributed by atoms with Crippen LogP contribution in [-0.4, -0.2) is 30.6 Å². The van der Waals surface area contributed by atoms with Gasteiger partial charge < -0.3 is 10.5 Å². The molecule has 0 radical (unpaired) electrons. The van der Waals surface area contributed by atoms with Crippen LogP contribution in [0.2, 0.25) is 0 Å². The Bertz CT molecular complexity index is 284. The maximum absolute atomic E-state index is 11.7. The van der Waals surface area contributed by atoms with Gasteiger partial charge in [-0.05, 0) is 19.8 Å². The molecule has 3 N–H and O–H groups in total. The lowest BCUT2D eigenvalue weighted by atomic mass is 9.83. The summed E-state index contributed by atoms with van der Waals surface area (Å²) in [5, 5.41) is 3.04. The standard InChI is InChI=1S/C13H24N2O3/c1-2-18-11(16)10-15-13(12(14)17)8-6-4-3-5-7-9-13/h15H,2-10H2,1H3,(H2,14,17). The molecule has 0 bridgehead atoms. The van der Waals surface area contributed by atoms with Crippen LogP contribution in [0, 0.1) is 0 Å². The maximum atomic E-state index is 11.7. The van der Waals surface area contributed by atoms with Crippen LogP contribution >= 0.6 is 0 Å². The Balaban J connectivity index is 2.60. The molecular weight excluding hydrogens is 232 g/mol. The van der Waals surface area contributed by atoms with Crippen molar-refractivity contribution in [1.82, 2.24) is 5.32 Å². The number of ether oxygens (including phenoxy) is 1. The Morgan fingerprint density at radius 2 is 1.72 bits per heavy atom. The van der Waals surface area contributed by atoms with Crippen molar-refractivity contribution in [2.75, 3.05) is 13.2 Å². The third kappa shape index (κ3) is 4.29. The third-order valence-electron chi connectivity index (χ3n) is 3.56. The van der Waals surface area contributed by atoms with Crippen LogP contribution in [0.1, 0.15) is 51.9 Å². The highest BCUT2D eigenvalue weighted by Crippen LogP contribution is 2.26. The summed E-state index contributed by atoms with van der Waals surface area (Å²) >= 11 is 0. The molecule has 1 fully saturated rings. The van der Waals surface area contributed by atoms with E-state index >= 15 is 0 Å². The van der Waals surface area contributed by atoms with E-state index in [4.69, 9.17) is 10.5 Å². The van der Waals surface area contributed by atoms with Gasteiger partial charge in [0, 0.05) is 0 Å². The fraction of sp³-hybridized carbons (Fsp3) is 0.846. The smallest absolute Gasteiger partial charge is 0.319 e. The van der Waals surface area contributed by atoms with Gasteiger partial charge in [-0.2, -0.15) is 0 Å². The van der Waals surface area contributed by atoms with E-state index in [2.05, 4.69) is 5.32 Å². The molecule has 1 rings (SSSR count). The molecule has 104 valence electrons. The number of hydrogen-bond donors (Lipinski definition) is 2. The zero-order valence-corrected chi connectivity index (χ0v) is 11.2. The van der Waals surface area contributed by atoms with E-state index in [-0.39, 0.29) is 18.4 Å².